The summed E-state index contributed by atoms with van der Waals surface area (Å²) in [7, 11) is 1.98. The Balaban J connectivity index is 2.33. The second-order valence-corrected chi connectivity index (χ2v) is 4.67. The summed E-state index contributed by atoms with van der Waals surface area (Å²) in [5.74, 6) is 0. The molecule has 3 nitrogen and oxygen atoms in total. The van der Waals surface area contributed by atoms with Crippen LogP contribution >= 0.6 is 0 Å². The normalized spacial score (nSPS) is 17.3. The molecule has 0 N–H and O–H groups in total. The minimum absolute atomic E-state index is 0.0451. The van der Waals surface area contributed by atoms with Gasteiger partial charge in [0.2, 0.25) is 0 Å². The number of likely N-dealkylation sites (N-methyl/N-ethyl adjacent to an activating group) is 1. The number of hydrogen-bond acceptors (Lipinski definition) is 3. The minimum atomic E-state index is -4.42. The number of piperazine rings is 1. The van der Waals surface area contributed by atoms with E-state index in [9.17, 15) is 13.2 Å². The standard InChI is InChI=1S/C13H14F3N3/c1-18-2-4-19(5-3-18)12-7-10(9-17)6-11(8-12)13(14,15)16/h6-8H,2-5H2,1H3. The number of rotatable bonds is 1. The van der Waals surface area contributed by atoms with Crippen LogP contribution in [0.5, 0.6) is 0 Å². The molecule has 0 amide bonds. The molecule has 0 saturated carbocycles. The molecule has 0 bridgehead atoms. The van der Waals surface area contributed by atoms with E-state index in [1.165, 1.54) is 6.07 Å². The minimum Gasteiger partial charge on any atom is -0.369 e. The zero-order valence-corrected chi connectivity index (χ0v) is 10.5. The lowest BCUT2D eigenvalue weighted by atomic mass is 10.1. The van der Waals surface area contributed by atoms with Crippen LogP contribution < -0.4 is 4.90 Å². The molecule has 1 fully saturated rings. The summed E-state index contributed by atoms with van der Waals surface area (Å²) < 4.78 is 38.3. The van der Waals surface area contributed by atoms with Crippen LogP contribution in [0.1, 0.15) is 11.1 Å². The molecule has 0 aliphatic carbocycles. The van der Waals surface area contributed by atoms with E-state index in [0.29, 0.717) is 18.8 Å². The number of nitriles is 1. The maximum absolute atomic E-state index is 12.8. The van der Waals surface area contributed by atoms with Gasteiger partial charge in [-0.1, -0.05) is 0 Å². The lowest BCUT2D eigenvalue weighted by Gasteiger charge is -2.34. The lowest BCUT2D eigenvalue weighted by molar-refractivity contribution is -0.137. The van der Waals surface area contributed by atoms with Gasteiger partial charge in [-0.3, -0.25) is 0 Å². The Morgan fingerprint density at radius 3 is 2.26 bits per heavy atom. The molecular weight excluding hydrogens is 255 g/mol. The van der Waals surface area contributed by atoms with Gasteiger partial charge in [-0.25, -0.2) is 0 Å². The first-order valence-corrected chi connectivity index (χ1v) is 5.96. The number of halogens is 3. The van der Waals surface area contributed by atoms with Crippen LogP contribution in [0.4, 0.5) is 18.9 Å². The molecule has 2 rings (SSSR count). The van der Waals surface area contributed by atoms with Crippen molar-refractivity contribution in [3.63, 3.8) is 0 Å². The van der Waals surface area contributed by atoms with E-state index in [0.717, 1.165) is 25.2 Å². The summed E-state index contributed by atoms with van der Waals surface area (Å²) in [6.07, 6.45) is -4.42. The van der Waals surface area contributed by atoms with Crippen LogP contribution in [-0.2, 0) is 6.18 Å². The lowest BCUT2D eigenvalue weighted by Crippen LogP contribution is -2.44. The summed E-state index contributed by atoms with van der Waals surface area (Å²) in [6, 6.07) is 5.31. The zero-order valence-electron chi connectivity index (χ0n) is 10.5. The summed E-state index contributed by atoms with van der Waals surface area (Å²) in [5, 5.41) is 8.85. The number of benzene rings is 1. The highest BCUT2D eigenvalue weighted by Gasteiger charge is 2.32. The Bertz CT molecular complexity index is 497. The van der Waals surface area contributed by atoms with Crippen molar-refractivity contribution in [2.75, 3.05) is 38.1 Å². The number of anilines is 1. The van der Waals surface area contributed by atoms with E-state index >= 15 is 0 Å². The Labute approximate surface area is 109 Å². The fourth-order valence-electron chi connectivity index (χ4n) is 2.09. The molecule has 102 valence electrons. The first kappa shape index (κ1) is 13.7. The van der Waals surface area contributed by atoms with E-state index in [4.69, 9.17) is 5.26 Å². The molecule has 0 atom stereocenters. The second-order valence-electron chi connectivity index (χ2n) is 4.67. The highest BCUT2D eigenvalue weighted by Crippen LogP contribution is 2.33. The fraction of sp³-hybridized carbons (Fsp3) is 0.462. The van der Waals surface area contributed by atoms with Gasteiger partial charge in [0.25, 0.3) is 0 Å². The van der Waals surface area contributed by atoms with Crippen molar-refractivity contribution in [3.05, 3.63) is 29.3 Å². The maximum Gasteiger partial charge on any atom is 0.416 e. The molecule has 1 aromatic carbocycles. The summed E-state index contributed by atoms with van der Waals surface area (Å²) in [5.41, 5.74) is -0.247. The molecule has 1 heterocycles. The first-order chi connectivity index (χ1) is 8.90. The third-order valence-electron chi connectivity index (χ3n) is 3.24. The summed E-state index contributed by atoms with van der Waals surface area (Å²) in [6.45, 7) is 2.95. The molecule has 1 aliphatic heterocycles. The summed E-state index contributed by atoms with van der Waals surface area (Å²) >= 11 is 0. The molecule has 0 aromatic heterocycles. The maximum atomic E-state index is 12.8. The highest BCUT2D eigenvalue weighted by molar-refractivity contribution is 5.55. The van der Waals surface area contributed by atoms with Crippen LogP contribution in [0, 0.1) is 11.3 Å². The van der Waals surface area contributed by atoms with Crippen molar-refractivity contribution >= 4 is 5.69 Å². The van der Waals surface area contributed by atoms with Crippen molar-refractivity contribution in [2.24, 2.45) is 0 Å². The molecule has 19 heavy (non-hydrogen) atoms. The molecule has 1 saturated heterocycles. The monoisotopic (exact) mass is 269 g/mol. The van der Waals surface area contributed by atoms with Gasteiger partial charge in [-0.15, -0.1) is 0 Å². The van der Waals surface area contributed by atoms with Crippen LogP contribution in [0.25, 0.3) is 0 Å². The predicted octanol–water partition coefficient (Wildman–Crippen LogP) is 2.33. The molecule has 0 radical (unpaired) electrons. The predicted molar refractivity (Wildman–Crippen MR) is 65.9 cm³/mol. The van der Waals surface area contributed by atoms with Crippen LogP contribution in [-0.4, -0.2) is 38.1 Å². The average molecular weight is 269 g/mol. The van der Waals surface area contributed by atoms with Crippen molar-refractivity contribution in [1.29, 1.82) is 5.26 Å². The zero-order chi connectivity index (χ0) is 14.0. The number of hydrogen-bond donors (Lipinski definition) is 0. The van der Waals surface area contributed by atoms with Crippen molar-refractivity contribution in [3.8, 4) is 6.07 Å². The molecule has 1 aromatic rings. The van der Waals surface area contributed by atoms with Gasteiger partial charge in [0.15, 0.2) is 0 Å². The van der Waals surface area contributed by atoms with E-state index in [1.807, 2.05) is 11.9 Å². The third-order valence-corrected chi connectivity index (χ3v) is 3.24. The van der Waals surface area contributed by atoms with Gasteiger partial charge in [0.05, 0.1) is 17.2 Å². The Hall–Kier alpha value is -1.74. The van der Waals surface area contributed by atoms with Crippen LogP contribution in [0.2, 0.25) is 0 Å². The Kier molecular flexibility index (Phi) is 3.67. The van der Waals surface area contributed by atoms with Gasteiger partial charge >= 0.3 is 6.18 Å². The van der Waals surface area contributed by atoms with Crippen molar-refractivity contribution in [2.45, 2.75) is 6.18 Å². The SMILES string of the molecule is CN1CCN(c2cc(C#N)cc(C(F)(F)F)c2)CC1. The van der Waals surface area contributed by atoms with Gasteiger partial charge < -0.3 is 9.80 Å². The summed E-state index contributed by atoms with van der Waals surface area (Å²) in [4.78, 5) is 4.01. The Morgan fingerprint density at radius 2 is 1.74 bits per heavy atom. The second kappa shape index (κ2) is 5.10. The highest BCUT2D eigenvalue weighted by atomic mass is 19.4. The van der Waals surface area contributed by atoms with Gasteiger partial charge in [0, 0.05) is 31.9 Å². The average Bonchev–Trinajstić information content (AvgIpc) is 2.38. The van der Waals surface area contributed by atoms with Crippen LogP contribution in [0.3, 0.4) is 0 Å². The van der Waals surface area contributed by atoms with Gasteiger partial charge in [-0.05, 0) is 25.2 Å². The van der Waals surface area contributed by atoms with E-state index in [2.05, 4.69) is 4.90 Å². The molecule has 6 heteroatoms. The number of nitrogens with zero attached hydrogens (tertiary/aromatic N) is 3. The topological polar surface area (TPSA) is 30.3 Å². The molecule has 1 aliphatic rings. The smallest absolute Gasteiger partial charge is 0.369 e. The quantitative estimate of drug-likeness (QED) is 0.784. The Morgan fingerprint density at radius 1 is 1.11 bits per heavy atom. The fourth-order valence-corrected chi connectivity index (χ4v) is 2.09. The van der Waals surface area contributed by atoms with E-state index in [1.54, 1.807) is 6.07 Å². The van der Waals surface area contributed by atoms with Crippen molar-refractivity contribution < 1.29 is 13.2 Å². The van der Waals surface area contributed by atoms with E-state index in [-0.39, 0.29) is 5.56 Å². The molecule has 0 unspecified atom stereocenters. The van der Waals surface area contributed by atoms with Gasteiger partial charge in [0.1, 0.15) is 0 Å². The third kappa shape index (κ3) is 3.18. The van der Waals surface area contributed by atoms with Crippen LogP contribution in [0.15, 0.2) is 18.2 Å². The van der Waals surface area contributed by atoms with Crippen molar-refractivity contribution in [1.82, 2.24) is 4.90 Å². The molecule has 0 spiro atoms. The van der Waals surface area contributed by atoms with Gasteiger partial charge in [-0.2, -0.15) is 18.4 Å². The molecular formula is C13H14F3N3. The largest absolute Gasteiger partial charge is 0.416 e. The first-order valence-electron chi connectivity index (χ1n) is 5.96. The number of alkyl halides is 3. The van der Waals surface area contributed by atoms with E-state index < -0.39 is 11.7 Å².